The van der Waals surface area contributed by atoms with Crippen molar-refractivity contribution in [3.8, 4) is 12.3 Å². The number of pyridine rings is 1. The van der Waals surface area contributed by atoms with E-state index >= 15 is 0 Å². The Kier molecular flexibility index (Phi) is 5.07. The number of hydrogen-bond acceptors (Lipinski definition) is 4. The first-order valence-corrected chi connectivity index (χ1v) is 9.57. The third-order valence-electron chi connectivity index (χ3n) is 5.54. The van der Waals surface area contributed by atoms with Gasteiger partial charge in [-0.15, -0.1) is 6.42 Å². The van der Waals surface area contributed by atoms with Gasteiger partial charge in [-0.1, -0.05) is 35.7 Å². The minimum atomic E-state index is -0.541. The highest BCUT2D eigenvalue weighted by molar-refractivity contribution is 6.33. The fourth-order valence-electron chi connectivity index (χ4n) is 4.20. The molecule has 136 valence electrons. The van der Waals surface area contributed by atoms with Crippen LogP contribution in [0.3, 0.4) is 0 Å². The lowest BCUT2D eigenvalue weighted by molar-refractivity contribution is 0.231. The molecule has 4 nitrogen and oxygen atoms in total. The Morgan fingerprint density at radius 1 is 1.15 bits per heavy atom. The number of rotatable bonds is 4. The quantitative estimate of drug-likeness (QED) is 0.761. The molecule has 2 aliphatic heterocycles. The highest BCUT2D eigenvalue weighted by atomic mass is 35.5. The average Bonchev–Trinajstić information content (AvgIpc) is 3.16. The van der Waals surface area contributed by atoms with Crippen molar-refractivity contribution in [3.63, 3.8) is 0 Å². The van der Waals surface area contributed by atoms with Crippen LogP contribution in [0.2, 0.25) is 5.02 Å². The fraction of sp³-hybridized carbons (Fsp3) is 0.318. The number of aromatic nitrogens is 1. The summed E-state index contributed by atoms with van der Waals surface area (Å²) in [5.74, 6) is 3.08. The second kappa shape index (κ2) is 7.64. The van der Waals surface area contributed by atoms with Gasteiger partial charge < -0.3 is 0 Å². The van der Waals surface area contributed by atoms with Gasteiger partial charge >= 0.3 is 0 Å². The molecule has 2 aliphatic rings. The van der Waals surface area contributed by atoms with Crippen LogP contribution in [0.15, 0.2) is 59.0 Å². The molecule has 0 aliphatic carbocycles. The summed E-state index contributed by atoms with van der Waals surface area (Å²) in [6, 6.07) is 12.0. The van der Waals surface area contributed by atoms with Crippen molar-refractivity contribution in [2.45, 2.75) is 18.3 Å². The van der Waals surface area contributed by atoms with E-state index in [1.165, 1.54) is 0 Å². The fourth-order valence-corrected chi connectivity index (χ4v) is 4.49. The zero-order valence-electron chi connectivity index (χ0n) is 15.1. The van der Waals surface area contributed by atoms with Crippen molar-refractivity contribution < 1.29 is 0 Å². The molecule has 1 fully saturated rings. The molecule has 27 heavy (non-hydrogen) atoms. The van der Waals surface area contributed by atoms with E-state index in [1.807, 2.05) is 48.9 Å². The molecule has 0 N–H and O–H groups in total. The zero-order valence-corrected chi connectivity index (χ0v) is 15.8. The molecular weight excluding hydrogens is 356 g/mol. The van der Waals surface area contributed by atoms with Crippen molar-refractivity contribution in [1.82, 2.24) is 9.88 Å². The molecule has 1 aromatic carbocycles. The van der Waals surface area contributed by atoms with Gasteiger partial charge in [0.05, 0.1) is 17.7 Å². The third kappa shape index (κ3) is 3.18. The SMILES string of the molecule is C#CCN1CCC(C2=NN=CC2(c2ccncc2)c2ccccc2Cl)CC1. The lowest BCUT2D eigenvalue weighted by Gasteiger charge is -2.37. The summed E-state index contributed by atoms with van der Waals surface area (Å²) in [5.41, 5.74) is 2.64. The van der Waals surface area contributed by atoms with E-state index in [2.05, 4.69) is 32.1 Å². The summed E-state index contributed by atoms with van der Waals surface area (Å²) in [6.07, 6.45) is 13.1. The summed E-state index contributed by atoms with van der Waals surface area (Å²) >= 11 is 6.65. The maximum Gasteiger partial charge on any atom is 0.0992 e. The van der Waals surface area contributed by atoms with E-state index < -0.39 is 5.41 Å². The maximum atomic E-state index is 6.65. The van der Waals surface area contributed by atoms with Crippen LogP contribution in [-0.2, 0) is 5.41 Å². The summed E-state index contributed by atoms with van der Waals surface area (Å²) in [5, 5.41) is 9.73. The number of piperidine rings is 1. The van der Waals surface area contributed by atoms with Gasteiger partial charge in [0.1, 0.15) is 0 Å². The van der Waals surface area contributed by atoms with E-state index in [1.54, 1.807) is 0 Å². The molecule has 4 rings (SSSR count). The number of benzene rings is 1. The van der Waals surface area contributed by atoms with Gasteiger partial charge in [0.15, 0.2) is 0 Å². The van der Waals surface area contributed by atoms with Gasteiger partial charge in [-0.3, -0.25) is 9.88 Å². The van der Waals surface area contributed by atoms with Crippen LogP contribution in [0.5, 0.6) is 0 Å². The smallest absolute Gasteiger partial charge is 0.0992 e. The highest BCUT2D eigenvalue weighted by Gasteiger charge is 2.46. The van der Waals surface area contributed by atoms with E-state index in [-0.39, 0.29) is 0 Å². The maximum absolute atomic E-state index is 6.65. The molecule has 1 atom stereocenters. The van der Waals surface area contributed by atoms with Crippen LogP contribution in [0.4, 0.5) is 0 Å². The van der Waals surface area contributed by atoms with Crippen LogP contribution in [0.25, 0.3) is 0 Å². The number of terminal acetylenes is 1. The monoisotopic (exact) mass is 376 g/mol. The van der Waals surface area contributed by atoms with Gasteiger partial charge in [0.2, 0.25) is 0 Å². The first-order chi connectivity index (χ1) is 13.3. The van der Waals surface area contributed by atoms with Gasteiger partial charge in [-0.2, -0.15) is 10.2 Å². The second-order valence-electron chi connectivity index (χ2n) is 7.01. The molecule has 0 bridgehead atoms. The molecule has 5 heteroatoms. The normalized spacial score (nSPS) is 23.2. The highest BCUT2D eigenvalue weighted by Crippen LogP contribution is 2.42. The molecule has 3 heterocycles. The third-order valence-corrected chi connectivity index (χ3v) is 5.87. The molecule has 0 radical (unpaired) electrons. The topological polar surface area (TPSA) is 40.9 Å². The zero-order chi connectivity index (χ0) is 18.7. The van der Waals surface area contributed by atoms with E-state index in [4.69, 9.17) is 18.0 Å². The number of nitrogens with zero attached hydrogens (tertiary/aromatic N) is 4. The molecule has 2 aromatic rings. The van der Waals surface area contributed by atoms with Gasteiger partial charge in [-0.05, 0) is 55.3 Å². The van der Waals surface area contributed by atoms with E-state index in [0.717, 1.165) is 47.8 Å². The Morgan fingerprint density at radius 2 is 1.89 bits per heavy atom. The van der Waals surface area contributed by atoms with Crippen molar-refractivity contribution in [2.24, 2.45) is 16.1 Å². The van der Waals surface area contributed by atoms with Crippen LogP contribution in [-0.4, -0.2) is 41.4 Å². The standard InChI is InChI=1S/C22H21ClN4/c1-2-13-27-14-9-17(10-15-27)21-22(16-25-26-21,18-7-11-24-12-8-18)19-5-3-4-6-20(19)23/h1,3-8,11-12,16-17H,9-10,13-15H2. The van der Waals surface area contributed by atoms with Gasteiger partial charge in [0, 0.05) is 29.5 Å². The largest absolute Gasteiger partial charge is 0.292 e. The Balaban J connectivity index is 1.76. The summed E-state index contributed by atoms with van der Waals surface area (Å²) in [4.78, 5) is 6.51. The number of hydrogen-bond donors (Lipinski definition) is 0. The Hall–Kier alpha value is -2.48. The second-order valence-corrected chi connectivity index (χ2v) is 7.42. The van der Waals surface area contributed by atoms with Crippen molar-refractivity contribution in [1.29, 1.82) is 0 Å². The number of likely N-dealkylation sites (tertiary alicyclic amines) is 1. The Bertz CT molecular complexity index is 907. The number of halogens is 1. The first kappa shape index (κ1) is 17.9. The summed E-state index contributed by atoms with van der Waals surface area (Å²) < 4.78 is 0. The molecular formula is C22H21ClN4. The Labute approximate surface area is 165 Å². The molecule has 0 amide bonds. The predicted octanol–water partition coefficient (Wildman–Crippen LogP) is 3.81. The molecule has 1 aromatic heterocycles. The van der Waals surface area contributed by atoms with Crippen LogP contribution < -0.4 is 0 Å². The first-order valence-electron chi connectivity index (χ1n) is 9.19. The van der Waals surface area contributed by atoms with Crippen molar-refractivity contribution in [2.75, 3.05) is 19.6 Å². The van der Waals surface area contributed by atoms with E-state index in [0.29, 0.717) is 12.5 Å². The van der Waals surface area contributed by atoms with Gasteiger partial charge in [-0.25, -0.2) is 0 Å². The lowest BCUT2D eigenvalue weighted by atomic mass is 9.67. The van der Waals surface area contributed by atoms with Crippen molar-refractivity contribution >= 4 is 23.5 Å². The summed E-state index contributed by atoms with van der Waals surface area (Å²) in [6.45, 7) is 2.65. The van der Waals surface area contributed by atoms with Crippen molar-refractivity contribution in [3.05, 3.63) is 64.9 Å². The molecule has 0 saturated carbocycles. The van der Waals surface area contributed by atoms with Gasteiger partial charge in [0.25, 0.3) is 0 Å². The minimum Gasteiger partial charge on any atom is -0.292 e. The van der Waals surface area contributed by atoms with Crippen LogP contribution >= 0.6 is 11.6 Å². The predicted molar refractivity (Wildman–Crippen MR) is 110 cm³/mol. The van der Waals surface area contributed by atoms with Crippen LogP contribution in [0.1, 0.15) is 24.0 Å². The molecule has 1 unspecified atom stereocenters. The Morgan fingerprint density at radius 3 is 2.59 bits per heavy atom. The lowest BCUT2D eigenvalue weighted by Crippen LogP contribution is -2.45. The average molecular weight is 377 g/mol. The van der Waals surface area contributed by atoms with Crippen LogP contribution in [0, 0.1) is 18.3 Å². The molecule has 0 spiro atoms. The minimum absolute atomic E-state index is 0.339. The summed E-state index contributed by atoms with van der Waals surface area (Å²) in [7, 11) is 0. The van der Waals surface area contributed by atoms with E-state index in [9.17, 15) is 0 Å². The molecule has 1 saturated heterocycles.